The van der Waals surface area contributed by atoms with Crippen LogP contribution in [0.5, 0.6) is 0 Å². The number of aromatic nitrogens is 2. The molecule has 29 heavy (non-hydrogen) atoms. The highest BCUT2D eigenvalue weighted by Gasteiger charge is 2.27. The molecule has 0 aliphatic rings. The van der Waals surface area contributed by atoms with Crippen LogP contribution in [0.2, 0.25) is 0 Å². The van der Waals surface area contributed by atoms with E-state index in [9.17, 15) is 10.1 Å². The van der Waals surface area contributed by atoms with Crippen molar-refractivity contribution in [2.45, 2.75) is 40.7 Å². The number of benzene rings is 1. The van der Waals surface area contributed by atoms with E-state index in [-0.39, 0.29) is 12.6 Å². The average Bonchev–Trinajstić information content (AvgIpc) is 3.36. The molecule has 0 aliphatic heterocycles. The summed E-state index contributed by atoms with van der Waals surface area (Å²) < 4.78 is 7.75. The Morgan fingerprint density at radius 3 is 2.52 bits per heavy atom. The molecule has 0 saturated carbocycles. The number of nitrogens with zero attached hydrogens (tertiary/aromatic N) is 3. The summed E-state index contributed by atoms with van der Waals surface area (Å²) in [5.41, 5.74) is 2.84. The zero-order valence-electron chi connectivity index (χ0n) is 17.5. The highest BCUT2D eigenvalue weighted by molar-refractivity contribution is 7.26. The summed E-state index contributed by atoms with van der Waals surface area (Å²) in [6.45, 7) is 10.2. The molecule has 2 heterocycles. The number of hydrogen-bond donors (Lipinski definition) is 0. The first-order valence-corrected chi connectivity index (χ1v) is 10.6. The highest BCUT2D eigenvalue weighted by Crippen LogP contribution is 2.38. The minimum absolute atomic E-state index is 0.230. The maximum Gasteiger partial charge on any atom is 0.339 e. The molecule has 3 aromatic rings. The van der Waals surface area contributed by atoms with Crippen LogP contribution in [0.1, 0.15) is 51.0 Å². The standard InChI is InChI=1S/C20H19BN3O2S.C2H6/c1-4-26-20(25)17-16(14-8-6-5-7-9-14)18(27-19(17)21-12-22)15-10-11-24(23-15)13(2)3;1-2/h5-11,13H,4H2,1-3H3;1-2H3. The SMILES string of the molecule is CC.CCOC(=O)c1c([B]C#N)sc(-c2ccn(C(C)C)n2)c1-c1ccccc1. The van der Waals surface area contributed by atoms with Crippen molar-refractivity contribution in [3.05, 3.63) is 48.2 Å². The van der Waals surface area contributed by atoms with Gasteiger partial charge in [0.2, 0.25) is 0 Å². The summed E-state index contributed by atoms with van der Waals surface area (Å²) >= 11 is 1.38. The van der Waals surface area contributed by atoms with Gasteiger partial charge in [0.1, 0.15) is 5.69 Å². The molecular weight excluding hydrogens is 381 g/mol. The van der Waals surface area contributed by atoms with E-state index in [1.807, 2.05) is 67.1 Å². The molecule has 0 atom stereocenters. The Morgan fingerprint density at radius 1 is 1.28 bits per heavy atom. The number of carbonyl (C=O) groups excluding carboxylic acids is 1. The van der Waals surface area contributed by atoms with Crippen molar-refractivity contribution < 1.29 is 9.53 Å². The number of hydrogen-bond acceptors (Lipinski definition) is 5. The molecule has 149 valence electrons. The van der Waals surface area contributed by atoms with Gasteiger partial charge in [0, 0.05) is 23.8 Å². The zero-order chi connectivity index (χ0) is 21.4. The second-order valence-electron chi connectivity index (χ2n) is 6.18. The third-order valence-corrected chi connectivity index (χ3v) is 5.20. The molecular formula is C22H25BN3O2S. The van der Waals surface area contributed by atoms with Gasteiger partial charge < -0.3 is 4.74 Å². The first kappa shape index (κ1) is 22.4. The molecule has 2 aromatic heterocycles. The van der Waals surface area contributed by atoms with Crippen LogP contribution in [0.25, 0.3) is 21.7 Å². The number of nitriles is 1. The molecule has 0 spiro atoms. The number of esters is 1. The van der Waals surface area contributed by atoms with Gasteiger partial charge in [0.05, 0.1) is 17.0 Å². The van der Waals surface area contributed by atoms with Crippen LogP contribution in [0, 0.1) is 11.2 Å². The van der Waals surface area contributed by atoms with Crippen LogP contribution in [-0.4, -0.2) is 29.6 Å². The second kappa shape index (κ2) is 10.6. The molecule has 0 unspecified atom stereocenters. The molecule has 0 fully saturated rings. The molecule has 0 amide bonds. The predicted octanol–water partition coefficient (Wildman–Crippen LogP) is 4.87. The van der Waals surface area contributed by atoms with Crippen LogP contribution in [0.15, 0.2) is 42.6 Å². The molecule has 0 bridgehead atoms. The van der Waals surface area contributed by atoms with Gasteiger partial charge in [-0.1, -0.05) is 44.2 Å². The summed E-state index contributed by atoms with van der Waals surface area (Å²) in [7, 11) is 1.40. The summed E-state index contributed by atoms with van der Waals surface area (Å²) in [5.74, 6) is 1.61. The van der Waals surface area contributed by atoms with Crippen molar-refractivity contribution in [3.63, 3.8) is 0 Å². The number of ether oxygens (including phenoxy) is 1. The summed E-state index contributed by atoms with van der Waals surface area (Å²) in [4.78, 5) is 13.6. The van der Waals surface area contributed by atoms with Gasteiger partial charge in [0.25, 0.3) is 0 Å². The Bertz CT molecular complexity index is 987. The maximum absolute atomic E-state index is 12.7. The number of rotatable bonds is 6. The fourth-order valence-corrected chi connectivity index (χ4v) is 3.98. The van der Waals surface area contributed by atoms with E-state index in [0.29, 0.717) is 10.3 Å². The number of carbonyl (C=O) groups is 1. The van der Waals surface area contributed by atoms with Crippen molar-refractivity contribution in [2.75, 3.05) is 6.61 Å². The minimum atomic E-state index is -0.427. The third-order valence-electron chi connectivity index (χ3n) is 4.04. The second-order valence-corrected chi connectivity index (χ2v) is 7.23. The lowest BCUT2D eigenvalue weighted by atomic mass is 9.76. The van der Waals surface area contributed by atoms with Crippen molar-refractivity contribution >= 4 is 29.4 Å². The first-order chi connectivity index (χ1) is 14.1. The molecule has 7 heteroatoms. The zero-order valence-corrected chi connectivity index (χ0v) is 18.3. The van der Waals surface area contributed by atoms with E-state index in [1.54, 1.807) is 6.92 Å². The monoisotopic (exact) mass is 406 g/mol. The van der Waals surface area contributed by atoms with Crippen LogP contribution < -0.4 is 4.78 Å². The third kappa shape index (κ3) is 4.96. The Kier molecular flexibility index (Phi) is 8.23. The fourth-order valence-electron chi connectivity index (χ4n) is 2.82. The highest BCUT2D eigenvalue weighted by atomic mass is 32.1. The quantitative estimate of drug-likeness (QED) is 0.433. The van der Waals surface area contributed by atoms with E-state index in [4.69, 9.17) is 4.74 Å². The smallest absolute Gasteiger partial charge is 0.339 e. The van der Waals surface area contributed by atoms with E-state index in [1.165, 1.54) is 18.6 Å². The van der Waals surface area contributed by atoms with E-state index in [0.717, 1.165) is 21.7 Å². The average molecular weight is 406 g/mol. The van der Waals surface area contributed by atoms with Crippen molar-refractivity contribution in [1.29, 1.82) is 5.26 Å². The molecule has 1 aromatic carbocycles. The molecule has 5 nitrogen and oxygen atoms in total. The summed E-state index contributed by atoms with van der Waals surface area (Å²) in [5, 5.41) is 13.9. The summed E-state index contributed by atoms with van der Waals surface area (Å²) in [6, 6.07) is 11.8. The van der Waals surface area contributed by atoms with Crippen LogP contribution in [0.4, 0.5) is 0 Å². The van der Waals surface area contributed by atoms with Gasteiger partial charge in [-0.2, -0.15) is 5.10 Å². The Hall–Kier alpha value is -2.85. The van der Waals surface area contributed by atoms with Crippen LogP contribution in [-0.2, 0) is 4.74 Å². The Balaban J connectivity index is 0.00000145. The van der Waals surface area contributed by atoms with Gasteiger partial charge in [0.15, 0.2) is 0 Å². The topological polar surface area (TPSA) is 67.9 Å². The first-order valence-electron chi connectivity index (χ1n) is 9.74. The Labute approximate surface area is 177 Å². The van der Waals surface area contributed by atoms with Gasteiger partial charge in [-0.25, -0.2) is 10.1 Å². The molecule has 0 saturated heterocycles. The number of thiophene rings is 1. The van der Waals surface area contributed by atoms with Gasteiger partial charge in [-0.15, -0.1) is 11.3 Å². The van der Waals surface area contributed by atoms with E-state index >= 15 is 0 Å². The van der Waals surface area contributed by atoms with Crippen molar-refractivity contribution in [2.24, 2.45) is 0 Å². The van der Waals surface area contributed by atoms with Crippen molar-refractivity contribution in [3.8, 4) is 27.7 Å². The van der Waals surface area contributed by atoms with E-state index < -0.39 is 5.97 Å². The minimum Gasteiger partial charge on any atom is -0.462 e. The lowest BCUT2D eigenvalue weighted by Gasteiger charge is -2.08. The van der Waals surface area contributed by atoms with Crippen LogP contribution >= 0.6 is 11.3 Å². The normalized spacial score (nSPS) is 10.1. The molecule has 1 radical (unpaired) electrons. The van der Waals surface area contributed by atoms with Gasteiger partial charge in [-0.05, 0) is 37.2 Å². The Morgan fingerprint density at radius 2 is 1.97 bits per heavy atom. The fraction of sp³-hybridized carbons (Fsp3) is 0.318. The summed E-state index contributed by atoms with van der Waals surface area (Å²) in [6.07, 6.45) is 1.92. The van der Waals surface area contributed by atoms with Crippen molar-refractivity contribution in [1.82, 2.24) is 9.78 Å². The maximum atomic E-state index is 12.7. The van der Waals surface area contributed by atoms with E-state index in [2.05, 4.69) is 18.9 Å². The lowest BCUT2D eigenvalue weighted by Crippen LogP contribution is -2.19. The molecule has 0 aliphatic carbocycles. The molecule has 0 N–H and O–H groups in total. The largest absolute Gasteiger partial charge is 0.462 e. The lowest BCUT2D eigenvalue weighted by molar-refractivity contribution is 0.0529. The van der Waals surface area contributed by atoms with Gasteiger partial charge in [-0.3, -0.25) is 4.68 Å². The predicted molar refractivity (Wildman–Crippen MR) is 120 cm³/mol. The van der Waals surface area contributed by atoms with Gasteiger partial charge >= 0.3 is 13.2 Å². The van der Waals surface area contributed by atoms with Crippen LogP contribution in [0.3, 0.4) is 0 Å². The molecule has 3 rings (SSSR count).